The van der Waals surface area contributed by atoms with Crippen LogP contribution >= 0.6 is 0 Å². The van der Waals surface area contributed by atoms with Crippen molar-refractivity contribution in [1.82, 2.24) is 4.72 Å². The normalized spacial score (nSPS) is 17.6. The minimum atomic E-state index is -3.40. The van der Waals surface area contributed by atoms with Gasteiger partial charge in [0.25, 0.3) is 0 Å². The summed E-state index contributed by atoms with van der Waals surface area (Å²) in [6.07, 6.45) is 6.91. The average molecular weight is 375 g/mol. The molecule has 0 amide bonds. The fourth-order valence-corrected chi connectivity index (χ4v) is 4.45. The molecule has 1 atom stereocenters. The Morgan fingerprint density at radius 1 is 1.08 bits per heavy atom. The second kappa shape index (κ2) is 10.6. The molecule has 1 rings (SSSR count). The molecular weight excluding hydrogens is 346 g/mol. The van der Waals surface area contributed by atoms with Crippen molar-refractivity contribution in [2.45, 2.75) is 65.0 Å². The van der Waals surface area contributed by atoms with Crippen molar-refractivity contribution in [2.24, 2.45) is 5.92 Å². The van der Waals surface area contributed by atoms with E-state index >= 15 is 0 Å². The van der Waals surface area contributed by atoms with Crippen LogP contribution in [0, 0.1) is 5.92 Å². The van der Waals surface area contributed by atoms with Crippen molar-refractivity contribution in [2.75, 3.05) is 12.4 Å². The first-order valence-electron chi connectivity index (χ1n) is 8.73. The van der Waals surface area contributed by atoms with Crippen LogP contribution in [0.1, 0.15) is 52.9 Å². The molecule has 1 saturated carbocycles. The average Bonchev–Trinajstić information content (AvgIpc) is 2.50. The number of carbonyl (C=O) groups is 2. The lowest BCUT2D eigenvalue weighted by molar-refractivity contribution is -0.143. The lowest BCUT2D eigenvalue weighted by Gasteiger charge is -2.22. The minimum absolute atomic E-state index is 0.105. The molecule has 144 valence electrons. The summed E-state index contributed by atoms with van der Waals surface area (Å²) in [6, 6.07) is -0.534. The highest BCUT2D eigenvalue weighted by atomic mass is 32.2. The lowest BCUT2D eigenvalue weighted by atomic mass is 9.91. The summed E-state index contributed by atoms with van der Waals surface area (Å²) in [5, 5.41) is 0. The van der Waals surface area contributed by atoms with Gasteiger partial charge in [0.1, 0.15) is 6.61 Å². The van der Waals surface area contributed by atoms with Crippen LogP contribution in [0.4, 0.5) is 0 Å². The number of sulfonamides is 1. The van der Waals surface area contributed by atoms with E-state index in [0.717, 1.165) is 37.8 Å². The number of carbonyl (C=O) groups excluding carboxylic acids is 2. The zero-order valence-electron chi connectivity index (χ0n) is 15.2. The molecule has 0 spiro atoms. The van der Waals surface area contributed by atoms with Crippen LogP contribution in [0.15, 0.2) is 12.2 Å². The SMILES string of the molecule is CC(COC(=O)C=CC(=O)OC(C)C)NS(=O)(=O)CC1CCCCC1. The number of hydrogen-bond acceptors (Lipinski definition) is 6. The van der Waals surface area contributed by atoms with Gasteiger partial charge in [-0.3, -0.25) is 0 Å². The van der Waals surface area contributed by atoms with E-state index < -0.39 is 28.0 Å². The highest BCUT2D eigenvalue weighted by Gasteiger charge is 2.23. The molecule has 0 radical (unpaired) electrons. The molecule has 0 bridgehead atoms. The zero-order valence-corrected chi connectivity index (χ0v) is 16.0. The molecule has 0 aromatic rings. The molecule has 0 aromatic carbocycles. The third-order valence-corrected chi connectivity index (χ3v) is 5.42. The molecule has 1 fully saturated rings. The Hall–Kier alpha value is -1.41. The molecule has 8 heteroatoms. The Bertz CT molecular complexity index is 564. The van der Waals surface area contributed by atoms with Crippen LogP contribution in [0.3, 0.4) is 0 Å². The van der Waals surface area contributed by atoms with Gasteiger partial charge >= 0.3 is 11.9 Å². The van der Waals surface area contributed by atoms with Crippen molar-refractivity contribution in [1.29, 1.82) is 0 Å². The maximum Gasteiger partial charge on any atom is 0.331 e. The predicted molar refractivity (Wildman–Crippen MR) is 94.3 cm³/mol. The molecule has 25 heavy (non-hydrogen) atoms. The molecule has 0 aliphatic heterocycles. The van der Waals surface area contributed by atoms with Crippen molar-refractivity contribution in [3.8, 4) is 0 Å². The molecule has 0 saturated heterocycles. The first-order chi connectivity index (χ1) is 11.7. The number of esters is 2. The number of hydrogen-bond donors (Lipinski definition) is 1. The quantitative estimate of drug-likeness (QED) is 0.488. The number of rotatable bonds is 9. The third-order valence-electron chi connectivity index (χ3n) is 3.74. The van der Waals surface area contributed by atoms with E-state index in [1.165, 1.54) is 6.42 Å². The van der Waals surface area contributed by atoms with Gasteiger partial charge in [0.2, 0.25) is 10.0 Å². The number of ether oxygens (including phenoxy) is 2. The Morgan fingerprint density at radius 3 is 2.28 bits per heavy atom. The molecule has 1 aliphatic carbocycles. The van der Waals surface area contributed by atoms with E-state index in [1.54, 1.807) is 20.8 Å². The fraction of sp³-hybridized carbons (Fsp3) is 0.765. The summed E-state index contributed by atoms with van der Waals surface area (Å²) in [5.41, 5.74) is 0. The summed E-state index contributed by atoms with van der Waals surface area (Å²) >= 11 is 0. The van der Waals surface area contributed by atoms with Crippen LogP contribution in [-0.2, 0) is 29.1 Å². The smallest absolute Gasteiger partial charge is 0.331 e. The van der Waals surface area contributed by atoms with Crippen LogP contribution in [-0.4, -0.2) is 44.9 Å². The van der Waals surface area contributed by atoms with Crippen molar-refractivity contribution in [3.63, 3.8) is 0 Å². The van der Waals surface area contributed by atoms with Gasteiger partial charge in [-0.05, 0) is 39.5 Å². The van der Waals surface area contributed by atoms with Gasteiger partial charge in [-0.2, -0.15) is 0 Å². The monoisotopic (exact) mass is 375 g/mol. The highest BCUT2D eigenvalue weighted by molar-refractivity contribution is 7.89. The highest BCUT2D eigenvalue weighted by Crippen LogP contribution is 2.24. The second-order valence-electron chi connectivity index (χ2n) is 6.75. The van der Waals surface area contributed by atoms with Crippen LogP contribution in [0.25, 0.3) is 0 Å². The predicted octanol–water partition coefficient (Wildman–Crippen LogP) is 1.93. The fourth-order valence-electron chi connectivity index (χ4n) is 2.72. The Kier molecular flexibility index (Phi) is 9.13. The minimum Gasteiger partial charge on any atom is -0.461 e. The van der Waals surface area contributed by atoms with Gasteiger partial charge in [-0.1, -0.05) is 19.3 Å². The van der Waals surface area contributed by atoms with E-state index in [9.17, 15) is 18.0 Å². The van der Waals surface area contributed by atoms with Crippen LogP contribution in [0.2, 0.25) is 0 Å². The summed E-state index contributed by atoms with van der Waals surface area (Å²) in [6.45, 7) is 4.92. The van der Waals surface area contributed by atoms with E-state index in [2.05, 4.69) is 4.72 Å². The molecule has 1 N–H and O–H groups in total. The topological polar surface area (TPSA) is 98.8 Å². The number of nitrogens with one attached hydrogen (secondary N) is 1. The Balaban J connectivity index is 2.32. The van der Waals surface area contributed by atoms with Gasteiger partial charge in [0.15, 0.2) is 0 Å². The van der Waals surface area contributed by atoms with E-state index in [0.29, 0.717) is 0 Å². The van der Waals surface area contributed by atoms with Crippen LogP contribution < -0.4 is 4.72 Å². The molecule has 7 nitrogen and oxygen atoms in total. The maximum absolute atomic E-state index is 12.1. The van der Waals surface area contributed by atoms with E-state index in [4.69, 9.17) is 9.47 Å². The van der Waals surface area contributed by atoms with Gasteiger partial charge in [0.05, 0.1) is 17.9 Å². The summed E-state index contributed by atoms with van der Waals surface area (Å²) < 4.78 is 36.6. The summed E-state index contributed by atoms with van der Waals surface area (Å²) in [7, 11) is -3.40. The molecular formula is C17H29NO6S. The molecule has 1 aliphatic rings. The van der Waals surface area contributed by atoms with Gasteiger partial charge < -0.3 is 9.47 Å². The largest absolute Gasteiger partial charge is 0.461 e. The van der Waals surface area contributed by atoms with Crippen molar-refractivity contribution in [3.05, 3.63) is 12.2 Å². The molecule has 0 aromatic heterocycles. The third kappa shape index (κ3) is 10.2. The lowest BCUT2D eigenvalue weighted by Crippen LogP contribution is -2.39. The summed E-state index contributed by atoms with van der Waals surface area (Å²) in [5.74, 6) is -1.03. The zero-order chi connectivity index (χ0) is 18.9. The Labute approximate surface area is 150 Å². The van der Waals surface area contributed by atoms with Crippen molar-refractivity contribution < 1.29 is 27.5 Å². The van der Waals surface area contributed by atoms with Gasteiger partial charge in [0, 0.05) is 12.2 Å². The second-order valence-corrected chi connectivity index (χ2v) is 8.55. The maximum atomic E-state index is 12.1. The van der Waals surface area contributed by atoms with Gasteiger partial charge in [-0.15, -0.1) is 0 Å². The van der Waals surface area contributed by atoms with Crippen LogP contribution in [0.5, 0.6) is 0 Å². The first kappa shape index (κ1) is 21.6. The molecule has 0 heterocycles. The molecule has 1 unspecified atom stereocenters. The van der Waals surface area contributed by atoms with Gasteiger partial charge in [-0.25, -0.2) is 22.7 Å². The van der Waals surface area contributed by atoms with Crippen molar-refractivity contribution >= 4 is 22.0 Å². The van der Waals surface area contributed by atoms with E-state index in [-0.39, 0.29) is 24.4 Å². The Morgan fingerprint density at radius 2 is 1.68 bits per heavy atom. The summed E-state index contributed by atoms with van der Waals surface area (Å²) in [4.78, 5) is 22.8. The first-order valence-corrected chi connectivity index (χ1v) is 10.4. The van der Waals surface area contributed by atoms with E-state index in [1.807, 2.05) is 0 Å². The standard InChI is InChI=1S/C17H29NO6S/c1-13(2)24-17(20)10-9-16(19)23-11-14(3)18-25(21,22)12-15-7-5-4-6-8-15/h9-10,13-15,18H,4-8,11-12H2,1-3H3.